The summed E-state index contributed by atoms with van der Waals surface area (Å²) >= 11 is 0. The van der Waals surface area contributed by atoms with Gasteiger partial charge in [-0.05, 0) is 30.3 Å². The number of hydrogen-bond donors (Lipinski definition) is 0. The quantitative estimate of drug-likeness (QED) is 0.361. The van der Waals surface area contributed by atoms with Gasteiger partial charge in [0, 0.05) is 42.3 Å². The third-order valence-electron chi connectivity index (χ3n) is 4.91. The van der Waals surface area contributed by atoms with Crippen molar-refractivity contribution in [3.63, 3.8) is 0 Å². The Hall–Kier alpha value is -5.07. The van der Waals surface area contributed by atoms with Crippen LogP contribution < -0.4 is 9.47 Å². The van der Waals surface area contributed by atoms with E-state index in [0.717, 1.165) is 11.2 Å². The molecule has 1 amide bonds. The standard InChI is InChI=1S/C22H17N5O8/c1-13(28)25-22(35-21(24-25)14-3-6-16(7-4-14)26(29)30)15-5-9-18(19(11-15)33-2)34-20-10-8-17(12-23-20)27(31)32/h3-12,22H,1-2H3/t22-/m0/s1. The normalized spacial score (nSPS) is 14.6. The summed E-state index contributed by atoms with van der Waals surface area (Å²) in [5.74, 6) is 0.420. The van der Waals surface area contributed by atoms with Crippen LogP contribution in [0.3, 0.4) is 0 Å². The largest absolute Gasteiger partial charge is 0.493 e. The number of carbonyl (C=O) groups excluding carboxylic acids is 1. The number of rotatable bonds is 7. The number of aromatic nitrogens is 1. The number of methoxy groups -OCH3 is 1. The lowest BCUT2D eigenvalue weighted by Gasteiger charge is -2.20. The number of amides is 1. The molecule has 0 spiro atoms. The Labute approximate surface area is 197 Å². The van der Waals surface area contributed by atoms with Crippen LogP contribution in [0.5, 0.6) is 17.4 Å². The van der Waals surface area contributed by atoms with Crippen molar-refractivity contribution in [1.82, 2.24) is 9.99 Å². The molecule has 13 heteroatoms. The van der Waals surface area contributed by atoms with Gasteiger partial charge < -0.3 is 14.2 Å². The second kappa shape index (κ2) is 9.43. The maximum Gasteiger partial charge on any atom is 0.287 e. The number of pyridine rings is 1. The Morgan fingerprint density at radius 3 is 2.26 bits per heavy atom. The van der Waals surface area contributed by atoms with Crippen molar-refractivity contribution in [1.29, 1.82) is 0 Å². The number of hydrazone groups is 1. The van der Waals surface area contributed by atoms with Crippen molar-refractivity contribution in [3.8, 4) is 17.4 Å². The minimum absolute atomic E-state index is 0.0878. The Kier molecular flexibility index (Phi) is 6.22. The first-order chi connectivity index (χ1) is 16.8. The molecule has 0 bridgehead atoms. The first-order valence-corrected chi connectivity index (χ1v) is 10.0. The fraction of sp³-hybridized carbons (Fsp3) is 0.136. The number of nitro benzene ring substituents is 1. The monoisotopic (exact) mass is 479 g/mol. The van der Waals surface area contributed by atoms with Gasteiger partial charge in [0.1, 0.15) is 6.20 Å². The van der Waals surface area contributed by atoms with E-state index in [1.807, 2.05) is 0 Å². The molecule has 0 aliphatic carbocycles. The van der Waals surface area contributed by atoms with E-state index in [4.69, 9.17) is 14.2 Å². The minimum atomic E-state index is -0.918. The van der Waals surface area contributed by atoms with Crippen LogP contribution in [0.2, 0.25) is 0 Å². The van der Waals surface area contributed by atoms with Crippen molar-refractivity contribution in [2.45, 2.75) is 13.2 Å². The molecule has 0 unspecified atom stereocenters. The van der Waals surface area contributed by atoms with Crippen molar-refractivity contribution in [3.05, 3.63) is 92.1 Å². The van der Waals surface area contributed by atoms with Crippen LogP contribution in [0.1, 0.15) is 24.3 Å². The van der Waals surface area contributed by atoms with Gasteiger partial charge in [-0.1, -0.05) is 0 Å². The highest BCUT2D eigenvalue weighted by Gasteiger charge is 2.34. The van der Waals surface area contributed by atoms with E-state index < -0.39 is 16.1 Å². The fourth-order valence-corrected chi connectivity index (χ4v) is 3.20. The zero-order chi connectivity index (χ0) is 25.1. The topological polar surface area (TPSA) is 160 Å². The summed E-state index contributed by atoms with van der Waals surface area (Å²) in [4.78, 5) is 36.7. The molecule has 0 saturated carbocycles. The molecule has 0 N–H and O–H groups in total. The van der Waals surface area contributed by atoms with Crippen LogP contribution in [0.4, 0.5) is 11.4 Å². The smallest absolute Gasteiger partial charge is 0.287 e. The van der Waals surface area contributed by atoms with Gasteiger partial charge in [-0.2, -0.15) is 5.01 Å². The molecular formula is C22H17N5O8. The number of benzene rings is 2. The van der Waals surface area contributed by atoms with Crippen LogP contribution in [0, 0.1) is 20.2 Å². The third kappa shape index (κ3) is 4.83. The Bertz CT molecular complexity index is 1320. The highest BCUT2D eigenvalue weighted by Crippen LogP contribution is 2.37. The summed E-state index contributed by atoms with van der Waals surface area (Å²) in [5, 5.41) is 27.1. The molecule has 13 nitrogen and oxygen atoms in total. The van der Waals surface area contributed by atoms with Crippen molar-refractivity contribution in [2.75, 3.05) is 7.11 Å². The summed E-state index contributed by atoms with van der Waals surface area (Å²) < 4.78 is 17.0. The van der Waals surface area contributed by atoms with Gasteiger partial charge in [-0.15, -0.1) is 5.10 Å². The molecule has 35 heavy (non-hydrogen) atoms. The number of ether oxygens (including phenoxy) is 3. The molecule has 1 aromatic heterocycles. The number of nitro groups is 2. The maximum absolute atomic E-state index is 12.2. The van der Waals surface area contributed by atoms with Gasteiger partial charge >= 0.3 is 0 Å². The number of carbonyl (C=O) groups is 1. The van der Waals surface area contributed by atoms with Gasteiger partial charge in [0.15, 0.2) is 11.5 Å². The lowest BCUT2D eigenvalue weighted by atomic mass is 10.1. The van der Waals surface area contributed by atoms with Gasteiger partial charge in [-0.3, -0.25) is 25.0 Å². The predicted octanol–water partition coefficient (Wildman–Crippen LogP) is 3.94. The highest BCUT2D eigenvalue weighted by atomic mass is 16.6. The summed E-state index contributed by atoms with van der Waals surface area (Å²) in [5.41, 5.74) is 0.712. The molecule has 0 fully saturated rings. The van der Waals surface area contributed by atoms with E-state index in [1.54, 1.807) is 18.2 Å². The first-order valence-electron chi connectivity index (χ1n) is 10.0. The fourth-order valence-electron chi connectivity index (χ4n) is 3.20. The Balaban J connectivity index is 1.58. The zero-order valence-electron chi connectivity index (χ0n) is 18.4. The second-order valence-corrected chi connectivity index (χ2v) is 7.17. The second-order valence-electron chi connectivity index (χ2n) is 7.17. The highest BCUT2D eigenvalue weighted by molar-refractivity contribution is 5.96. The van der Waals surface area contributed by atoms with E-state index in [1.165, 1.54) is 50.4 Å². The SMILES string of the molecule is COc1cc([C@@H]2OC(c3ccc([N+](=O)[O-])cc3)=NN2C(C)=O)ccc1Oc1ccc([N+](=O)[O-])cn1. The summed E-state index contributed by atoms with van der Waals surface area (Å²) in [6.07, 6.45) is 0.155. The molecule has 1 aliphatic heterocycles. The van der Waals surface area contributed by atoms with Gasteiger partial charge in [0.25, 0.3) is 11.4 Å². The average molecular weight is 479 g/mol. The van der Waals surface area contributed by atoms with Crippen LogP contribution in [-0.4, -0.2) is 38.8 Å². The van der Waals surface area contributed by atoms with Crippen LogP contribution in [-0.2, 0) is 9.53 Å². The van der Waals surface area contributed by atoms with E-state index in [9.17, 15) is 25.0 Å². The lowest BCUT2D eigenvalue weighted by molar-refractivity contribution is -0.385. The average Bonchev–Trinajstić information content (AvgIpc) is 3.30. The van der Waals surface area contributed by atoms with E-state index in [2.05, 4.69) is 10.1 Å². The number of nitrogens with zero attached hydrogens (tertiary/aromatic N) is 5. The number of non-ortho nitro benzene ring substituents is 1. The van der Waals surface area contributed by atoms with E-state index in [-0.39, 0.29) is 34.8 Å². The van der Waals surface area contributed by atoms with Gasteiger partial charge in [0.05, 0.1) is 17.0 Å². The molecule has 178 valence electrons. The third-order valence-corrected chi connectivity index (χ3v) is 4.91. The minimum Gasteiger partial charge on any atom is -0.493 e. The molecule has 0 radical (unpaired) electrons. The molecule has 0 saturated heterocycles. The zero-order valence-corrected chi connectivity index (χ0v) is 18.4. The summed E-state index contributed by atoms with van der Waals surface area (Å²) in [6.45, 7) is 1.33. The van der Waals surface area contributed by atoms with E-state index >= 15 is 0 Å². The summed E-state index contributed by atoms with van der Waals surface area (Å²) in [7, 11) is 1.42. The molecule has 1 atom stereocenters. The molecule has 3 aromatic rings. The molecular weight excluding hydrogens is 462 g/mol. The Morgan fingerprint density at radius 1 is 1.00 bits per heavy atom. The van der Waals surface area contributed by atoms with Crippen molar-refractivity contribution in [2.24, 2.45) is 5.10 Å². The van der Waals surface area contributed by atoms with Crippen LogP contribution in [0.15, 0.2) is 65.9 Å². The van der Waals surface area contributed by atoms with Gasteiger partial charge in [0.2, 0.25) is 23.9 Å². The predicted molar refractivity (Wildman–Crippen MR) is 120 cm³/mol. The van der Waals surface area contributed by atoms with Crippen LogP contribution in [0.25, 0.3) is 0 Å². The van der Waals surface area contributed by atoms with Crippen molar-refractivity contribution < 1.29 is 28.9 Å². The van der Waals surface area contributed by atoms with E-state index in [0.29, 0.717) is 16.9 Å². The molecule has 1 aliphatic rings. The number of hydrogen-bond acceptors (Lipinski definition) is 10. The van der Waals surface area contributed by atoms with Crippen LogP contribution >= 0.6 is 0 Å². The maximum atomic E-state index is 12.2. The molecule has 4 rings (SSSR count). The lowest BCUT2D eigenvalue weighted by Crippen LogP contribution is -2.25. The first kappa shape index (κ1) is 23.1. The Morgan fingerprint density at radius 2 is 1.69 bits per heavy atom. The summed E-state index contributed by atoms with van der Waals surface area (Å²) in [6, 6.07) is 13.0. The molecule has 2 aromatic carbocycles. The van der Waals surface area contributed by atoms with Crippen molar-refractivity contribution >= 4 is 23.2 Å². The van der Waals surface area contributed by atoms with Gasteiger partial charge in [-0.25, -0.2) is 4.98 Å². The molecule has 2 heterocycles.